The lowest BCUT2D eigenvalue weighted by Crippen LogP contribution is -2.16. The first-order valence-electron chi connectivity index (χ1n) is 9.57. The van der Waals surface area contributed by atoms with Gasteiger partial charge in [-0.25, -0.2) is 0 Å². The van der Waals surface area contributed by atoms with Gasteiger partial charge in [0.2, 0.25) is 11.8 Å². The van der Waals surface area contributed by atoms with Gasteiger partial charge in [-0.2, -0.15) is 5.10 Å². The molecule has 6 nitrogen and oxygen atoms in total. The maximum atomic E-state index is 12.5. The van der Waals surface area contributed by atoms with Crippen LogP contribution >= 0.6 is 0 Å². The molecule has 0 radical (unpaired) electrons. The summed E-state index contributed by atoms with van der Waals surface area (Å²) < 4.78 is 1.98. The van der Waals surface area contributed by atoms with Crippen LogP contribution in [0.4, 0.5) is 11.4 Å². The van der Waals surface area contributed by atoms with E-state index in [0.717, 1.165) is 36.3 Å². The number of hydrogen-bond acceptors (Lipinski definition) is 3. The summed E-state index contributed by atoms with van der Waals surface area (Å²) in [5, 5.41) is 10.4. The standard InChI is InChI=1S/C21H28N4O2/c1-13(2)12-25-15(4)19(14(3)24-25)11-20(26)22-17-6-5-7-18(10-17)23-21(27)16-8-9-16/h5-7,10,13,16H,8-9,11-12H2,1-4H3,(H,22,26)(H,23,27). The highest BCUT2D eigenvalue weighted by Gasteiger charge is 2.29. The Balaban J connectivity index is 1.64. The molecule has 0 bridgehead atoms. The number of aromatic nitrogens is 2. The zero-order valence-electron chi connectivity index (χ0n) is 16.5. The topological polar surface area (TPSA) is 76.0 Å². The third-order valence-electron chi connectivity index (χ3n) is 4.77. The molecule has 2 N–H and O–H groups in total. The van der Waals surface area contributed by atoms with Crippen LogP contribution in [-0.4, -0.2) is 21.6 Å². The van der Waals surface area contributed by atoms with Crippen LogP contribution in [0.15, 0.2) is 24.3 Å². The van der Waals surface area contributed by atoms with Gasteiger partial charge in [0.25, 0.3) is 0 Å². The molecule has 144 valence electrons. The van der Waals surface area contributed by atoms with E-state index in [9.17, 15) is 9.59 Å². The summed E-state index contributed by atoms with van der Waals surface area (Å²) in [5.74, 6) is 0.619. The van der Waals surface area contributed by atoms with Crippen molar-refractivity contribution in [2.45, 2.75) is 53.5 Å². The Labute approximate surface area is 160 Å². The van der Waals surface area contributed by atoms with Crippen LogP contribution in [0.5, 0.6) is 0 Å². The van der Waals surface area contributed by atoms with Crippen LogP contribution in [0.1, 0.15) is 43.6 Å². The molecule has 27 heavy (non-hydrogen) atoms. The first-order valence-corrected chi connectivity index (χ1v) is 9.57. The van der Waals surface area contributed by atoms with Crippen molar-refractivity contribution in [2.24, 2.45) is 11.8 Å². The predicted molar refractivity (Wildman–Crippen MR) is 107 cm³/mol. The van der Waals surface area contributed by atoms with E-state index >= 15 is 0 Å². The number of aryl methyl sites for hydroxylation is 1. The monoisotopic (exact) mass is 368 g/mol. The third kappa shape index (κ3) is 4.96. The highest BCUT2D eigenvalue weighted by atomic mass is 16.2. The summed E-state index contributed by atoms with van der Waals surface area (Å²) in [7, 11) is 0. The van der Waals surface area contributed by atoms with Crippen LogP contribution < -0.4 is 10.6 Å². The number of benzene rings is 1. The van der Waals surface area contributed by atoms with Crippen molar-refractivity contribution >= 4 is 23.2 Å². The molecule has 2 aromatic rings. The second kappa shape index (κ2) is 7.94. The molecule has 0 aliphatic heterocycles. The summed E-state index contributed by atoms with van der Waals surface area (Å²) in [4.78, 5) is 24.4. The van der Waals surface area contributed by atoms with Crippen molar-refractivity contribution < 1.29 is 9.59 Å². The number of anilines is 2. The normalized spacial score (nSPS) is 13.7. The average molecular weight is 368 g/mol. The Morgan fingerprint density at radius 1 is 1.19 bits per heavy atom. The predicted octanol–water partition coefficient (Wildman–Crippen LogP) is 3.69. The fourth-order valence-electron chi connectivity index (χ4n) is 3.14. The molecule has 1 aliphatic carbocycles. The summed E-state index contributed by atoms with van der Waals surface area (Å²) in [5.41, 5.74) is 4.31. The molecule has 1 fully saturated rings. The lowest BCUT2D eigenvalue weighted by atomic mass is 10.1. The fourth-order valence-corrected chi connectivity index (χ4v) is 3.14. The average Bonchev–Trinajstić information content (AvgIpc) is 3.40. The SMILES string of the molecule is Cc1nn(CC(C)C)c(C)c1CC(=O)Nc1cccc(NC(=O)C2CC2)c1. The first-order chi connectivity index (χ1) is 12.8. The van der Waals surface area contributed by atoms with Gasteiger partial charge in [-0.1, -0.05) is 19.9 Å². The second-order valence-electron chi connectivity index (χ2n) is 7.79. The number of hydrogen-bond donors (Lipinski definition) is 2. The largest absolute Gasteiger partial charge is 0.326 e. The molecule has 1 aliphatic rings. The van der Waals surface area contributed by atoms with Gasteiger partial charge < -0.3 is 10.6 Å². The van der Waals surface area contributed by atoms with E-state index in [1.54, 1.807) is 6.07 Å². The minimum Gasteiger partial charge on any atom is -0.326 e. The maximum absolute atomic E-state index is 12.5. The quantitative estimate of drug-likeness (QED) is 0.783. The summed E-state index contributed by atoms with van der Waals surface area (Å²) in [6.07, 6.45) is 2.21. The van der Waals surface area contributed by atoms with Gasteiger partial charge in [-0.3, -0.25) is 14.3 Å². The molecule has 1 saturated carbocycles. The molecular weight excluding hydrogens is 340 g/mol. The number of rotatable bonds is 7. The zero-order valence-corrected chi connectivity index (χ0v) is 16.5. The molecule has 1 aromatic heterocycles. The van der Waals surface area contributed by atoms with Gasteiger partial charge >= 0.3 is 0 Å². The van der Waals surface area contributed by atoms with Crippen LogP contribution in [-0.2, 0) is 22.6 Å². The smallest absolute Gasteiger partial charge is 0.228 e. The van der Waals surface area contributed by atoms with E-state index in [1.165, 1.54) is 0 Å². The molecule has 0 spiro atoms. The molecular formula is C21H28N4O2. The van der Waals surface area contributed by atoms with E-state index in [0.29, 0.717) is 17.3 Å². The van der Waals surface area contributed by atoms with Crippen molar-refractivity contribution in [1.82, 2.24) is 9.78 Å². The van der Waals surface area contributed by atoms with Gasteiger partial charge in [0.1, 0.15) is 0 Å². The lowest BCUT2D eigenvalue weighted by Gasteiger charge is -2.10. The van der Waals surface area contributed by atoms with Crippen LogP contribution in [0.2, 0.25) is 0 Å². The Bertz CT molecular complexity index is 850. The number of amides is 2. The van der Waals surface area contributed by atoms with E-state index in [-0.39, 0.29) is 24.2 Å². The van der Waals surface area contributed by atoms with Crippen molar-refractivity contribution in [2.75, 3.05) is 10.6 Å². The zero-order chi connectivity index (χ0) is 19.6. The molecule has 0 saturated heterocycles. The molecule has 0 unspecified atom stereocenters. The number of carbonyl (C=O) groups is 2. The first kappa shape index (κ1) is 19.1. The van der Waals surface area contributed by atoms with E-state index in [2.05, 4.69) is 29.6 Å². The van der Waals surface area contributed by atoms with Crippen molar-refractivity contribution in [3.63, 3.8) is 0 Å². The molecule has 2 amide bonds. The molecule has 0 atom stereocenters. The minimum absolute atomic E-state index is 0.0577. The van der Waals surface area contributed by atoms with E-state index in [1.807, 2.05) is 36.7 Å². The minimum atomic E-state index is -0.0871. The Morgan fingerprint density at radius 3 is 2.48 bits per heavy atom. The second-order valence-corrected chi connectivity index (χ2v) is 7.79. The molecule has 6 heteroatoms. The fraction of sp³-hybridized carbons (Fsp3) is 0.476. The van der Waals surface area contributed by atoms with Gasteiger partial charge in [0.15, 0.2) is 0 Å². The Morgan fingerprint density at radius 2 is 1.85 bits per heavy atom. The highest BCUT2D eigenvalue weighted by molar-refractivity contribution is 5.96. The van der Waals surface area contributed by atoms with Crippen molar-refractivity contribution in [3.8, 4) is 0 Å². The van der Waals surface area contributed by atoms with Gasteiger partial charge in [-0.05, 0) is 50.8 Å². The van der Waals surface area contributed by atoms with Crippen molar-refractivity contribution in [3.05, 3.63) is 41.2 Å². The molecule has 1 aromatic carbocycles. The highest BCUT2D eigenvalue weighted by Crippen LogP contribution is 2.30. The Kier molecular flexibility index (Phi) is 5.63. The maximum Gasteiger partial charge on any atom is 0.228 e. The van der Waals surface area contributed by atoms with E-state index < -0.39 is 0 Å². The number of nitrogens with one attached hydrogen (secondary N) is 2. The van der Waals surface area contributed by atoms with Gasteiger partial charge in [-0.15, -0.1) is 0 Å². The lowest BCUT2D eigenvalue weighted by molar-refractivity contribution is -0.117. The third-order valence-corrected chi connectivity index (χ3v) is 4.77. The van der Waals surface area contributed by atoms with Gasteiger partial charge in [0, 0.05) is 35.1 Å². The van der Waals surface area contributed by atoms with Crippen LogP contribution in [0.3, 0.4) is 0 Å². The summed E-state index contributed by atoms with van der Waals surface area (Å²) in [6, 6.07) is 7.28. The van der Waals surface area contributed by atoms with Gasteiger partial charge in [0.05, 0.1) is 12.1 Å². The summed E-state index contributed by atoms with van der Waals surface area (Å²) >= 11 is 0. The van der Waals surface area contributed by atoms with Crippen molar-refractivity contribution in [1.29, 1.82) is 0 Å². The summed E-state index contributed by atoms with van der Waals surface area (Å²) in [6.45, 7) is 9.10. The van der Waals surface area contributed by atoms with Crippen LogP contribution in [0, 0.1) is 25.7 Å². The van der Waals surface area contributed by atoms with Crippen LogP contribution in [0.25, 0.3) is 0 Å². The molecule has 3 rings (SSSR count). The molecule has 1 heterocycles. The number of carbonyl (C=O) groups excluding carboxylic acids is 2. The Hall–Kier alpha value is -2.63. The van der Waals surface area contributed by atoms with E-state index in [4.69, 9.17) is 0 Å². The number of nitrogens with zero attached hydrogens (tertiary/aromatic N) is 2.